The highest BCUT2D eigenvalue weighted by atomic mass is 19.1. The van der Waals surface area contributed by atoms with E-state index in [9.17, 15) is 23.2 Å². The van der Waals surface area contributed by atoms with Crippen molar-refractivity contribution in [1.29, 1.82) is 0 Å². The van der Waals surface area contributed by atoms with E-state index in [0.717, 1.165) is 9.36 Å². The van der Waals surface area contributed by atoms with Crippen molar-refractivity contribution in [3.05, 3.63) is 82.0 Å². The molecular weight excluding hydrogens is 384 g/mol. The Kier molecular flexibility index (Phi) is 4.67. The quantitative estimate of drug-likeness (QED) is 0.706. The molecule has 2 amide bonds. The minimum Gasteiger partial charge on any atom is -0.350 e. The van der Waals surface area contributed by atoms with Gasteiger partial charge in [-0.15, -0.1) is 0 Å². The summed E-state index contributed by atoms with van der Waals surface area (Å²) < 4.78 is 28.7. The monoisotopic (exact) mass is 399 g/mol. The molecule has 1 aliphatic heterocycles. The minimum atomic E-state index is -0.742. The van der Waals surface area contributed by atoms with E-state index in [1.165, 1.54) is 47.4 Å². The molecule has 0 radical (unpaired) electrons. The Balaban J connectivity index is 1.50. The molecule has 2 aromatic carbocycles. The zero-order chi connectivity index (χ0) is 20.5. The van der Waals surface area contributed by atoms with Gasteiger partial charge in [0, 0.05) is 17.8 Å². The normalized spacial score (nSPS) is 12.9. The number of benzene rings is 2. The summed E-state index contributed by atoms with van der Waals surface area (Å²) in [6.07, 6.45) is 0. The van der Waals surface area contributed by atoms with Crippen molar-refractivity contribution < 1.29 is 18.4 Å². The average molecular weight is 399 g/mol. The molecule has 0 unspecified atom stereocenters. The van der Waals surface area contributed by atoms with Gasteiger partial charge in [-0.25, -0.2) is 23.1 Å². The summed E-state index contributed by atoms with van der Waals surface area (Å²) in [5.41, 5.74) is -0.0108. The molecule has 0 spiro atoms. The van der Waals surface area contributed by atoms with Gasteiger partial charge in [0.1, 0.15) is 18.2 Å². The molecule has 4 rings (SSSR count). The Morgan fingerprint density at radius 2 is 1.79 bits per heavy atom. The van der Waals surface area contributed by atoms with Gasteiger partial charge in [-0.1, -0.05) is 18.2 Å². The molecule has 0 saturated heterocycles. The highest BCUT2D eigenvalue weighted by molar-refractivity contribution is 5.95. The molecule has 2 heterocycles. The zero-order valence-electron chi connectivity index (χ0n) is 15.0. The Morgan fingerprint density at radius 3 is 2.52 bits per heavy atom. The van der Waals surface area contributed by atoms with Crippen molar-refractivity contribution in [2.45, 2.75) is 19.6 Å². The molecule has 0 bridgehead atoms. The van der Waals surface area contributed by atoms with Gasteiger partial charge in [-0.3, -0.25) is 9.69 Å². The van der Waals surface area contributed by atoms with Crippen molar-refractivity contribution in [2.24, 2.45) is 0 Å². The van der Waals surface area contributed by atoms with Crippen LogP contribution < -0.4 is 15.9 Å². The molecule has 0 aliphatic carbocycles. The Hall–Kier alpha value is -3.82. The van der Waals surface area contributed by atoms with E-state index in [4.69, 9.17) is 0 Å². The fraction of sp³-hybridized carbons (Fsp3) is 0.158. The molecule has 1 aromatic heterocycles. The second-order valence-corrected chi connectivity index (χ2v) is 6.39. The number of carbonyl (C=O) groups excluding carboxylic acids is 2. The number of carbonyl (C=O) groups is 2. The standard InChI is InChI=1S/C19H15F2N5O3/c20-13-5-7-14(8-6-13)24-10-16-23-18(28)25(26(16)19(24)29)11-17(27)22-9-12-3-1-2-4-15(12)21/h1-8H,9-11H2,(H,22,27). The Labute approximate surface area is 163 Å². The van der Waals surface area contributed by atoms with E-state index in [0.29, 0.717) is 11.3 Å². The van der Waals surface area contributed by atoms with Gasteiger partial charge in [-0.2, -0.15) is 9.67 Å². The Bertz CT molecular complexity index is 1150. The van der Waals surface area contributed by atoms with Crippen LogP contribution in [0.1, 0.15) is 11.4 Å². The highest BCUT2D eigenvalue weighted by Gasteiger charge is 2.33. The maximum absolute atomic E-state index is 13.6. The van der Waals surface area contributed by atoms with Crippen molar-refractivity contribution in [2.75, 3.05) is 4.90 Å². The first-order chi connectivity index (χ1) is 13.9. The second kappa shape index (κ2) is 7.30. The van der Waals surface area contributed by atoms with Gasteiger partial charge in [0.2, 0.25) is 5.91 Å². The number of amides is 2. The van der Waals surface area contributed by atoms with Crippen LogP contribution in [-0.4, -0.2) is 26.3 Å². The molecule has 8 nitrogen and oxygen atoms in total. The maximum Gasteiger partial charge on any atom is 0.365 e. The van der Waals surface area contributed by atoms with Crippen molar-refractivity contribution in [1.82, 2.24) is 19.7 Å². The topological polar surface area (TPSA) is 89.2 Å². The molecule has 0 saturated carbocycles. The first kappa shape index (κ1) is 18.5. The summed E-state index contributed by atoms with van der Waals surface area (Å²) in [7, 11) is 0. The van der Waals surface area contributed by atoms with E-state index in [2.05, 4.69) is 10.3 Å². The number of hydrogen-bond donors (Lipinski definition) is 1. The van der Waals surface area contributed by atoms with Crippen LogP contribution in [0.3, 0.4) is 0 Å². The molecule has 0 atom stereocenters. The molecule has 10 heteroatoms. The number of nitrogens with one attached hydrogen (secondary N) is 1. The van der Waals surface area contributed by atoms with Crippen LogP contribution in [0.15, 0.2) is 53.3 Å². The number of aromatic nitrogens is 3. The fourth-order valence-corrected chi connectivity index (χ4v) is 3.07. The van der Waals surface area contributed by atoms with Gasteiger partial charge >= 0.3 is 11.7 Å². The van der Waals surface area contributed by atoms with Crippen molar-refractivity contribution in [3.63, 3.8) is 0 Å². The third kappa shape index (κ3) is 3.51. The van der Waals surface area contributed by atoms with Gasteiger partial charge in [-0.05, 0) is 30.3 Å². The lowest BCUT2D eigenvalue weighted by atomic mass is 10.2. The molecular formula is C19H15F2N5O3. The Morgan fingerprint density at radius 1 is 1.07 bits per heavy atom. The van der Waals surface area contributed by atoms with E-state index < -0.39 is 35.8 Å². The van der Waals surface area contributed by atoms with Gasteiger partial charge in [0.05, 0.1) is 6.54 Å². The number of anilines is 1. The van der Waals surface area contributed by atoms with E-state index in [-0.39, 0.29) is 18.9 Å². The predicted octanol–water partition coefficient (Wildman–Crippen LogP) is 1.63. The lowest BCUT2D eigenvalue weighted by Crippen LogP contribution is -2.38. The largest absolute Gasteiger partial charge is 0.365 e. The van der Waals surface area contributed by atoms with E-state index in [1.807, 2.05) is 0 Å². The van der Waals surface area contributed by atoms with Gasteiger partial charge < -0.3 is 5.32 Å². The van der Waals surface area contributed by atoms with Crippen molar-refractivity contribution in [3.8, 4) is 0 Å². The van der Waals surface area contributed by atoms with Gasteiger partial charge in [0.15, 0.2) is 5.82 Å². The minimum absolute atomic E-state index is 0.0174. The molecule has 3 aromatic rings. The summed E-state index contributed by atoms with van der Waals surface area (Å²) in [6, 6.07) is 10.7. The number of nitrogens with zero attached hydrogens (tertiary/aromatic N) is 4. The highest BCUT2D eigenvalue weighted by Crippen LogP contribution is 2.23. The van der Waals surface area contributed by atoms with Crippen LogP contribution in [-0.2, 0) is 24.4 Å². The summed E-state index contributed by atoms with van der Waals surface area (Å²) in [4.78, 5) is 42.2. The zero-order valence-corrected chi connectivity index (χ0v) is 15.0. The average Bonchev–Trinajstić information content (AvgIpc) is 3.17. The van der Waals surface area contributed by atoms with Crippen LogP contribution in [0.2, 0.25) is 0 Å². The fourth-order valence-electron chi connectivity index (χ4n) is 3.07. The first-order valence-electron chi connectivity index (χ1n) is 8.70. The summed E-state index contributed by atoms with van der Waals surface area (Å²) in [5.74, 6) is -1.31. The van der Waals surface area contributed by atoms with Crippen LogP contribution in [0.4, 0.5) is 19.3 Å². The smallest absolute Gasteiger partial charge is 0.350 e. The lowest BCUT2D eigenvalue weighted by Gasteiger charge is -2.15. The predicted molar refractivity (Wildman–Crippen MR) is 98.1 cm³/mol. The number of rotatable bonds is 5. The van der Waals surface area contributed by atoms with Crippen LogP contribution in [0, 0.1) is 11.6 Å². The molecule has 148 valence electrons. The van der Waals surface area contributed by atoms with E-state index in [1.54, 1.807) is 6.07 Å². The van der Waals surface area contributed by atoms with Gasteiger partial charge in [0.25, 0.3) is 0 Å². The number of halogens is 2. The molecule has 0 fully saturated rings. The summed E-state index contributed by atoms with van der Waals surface area (Å²) in [5, 5.41) is 2.51. The number of hydrogen-bond acceptors (Lipinski definition) is 4. The third-order valence-corrected chi connectivity index (χ3v) is 4.51. The van der Waals surface area contributed by atoms with Crippen LogP contribution in [0.5, 0.6) is 0 Å². The number of fused-ring (bicyclic) bond motifs is 1. The third-order valence-electron chi connectivity index (χ3n) is 4.51. The summed E-state index contributed by atoms with van der Waals surface area (Å²) in [6.45, 7) is -0.496. The van der Waals surface area contributed by atoms with Crippen LogP contribution >= 0.6 is 0 Å². The van der Waals surface area contributed by atoms with E-state index >= 15 is 0 Å². The first-order valence-corrected chi connectivity index (χ1v) is 8.70. The van der Waals surface area contributed by atoms with Crippen LogP contribution in [0.25, 0.3) is 0 Å². The molecule has 1 N–H and O–H groups in total. The maximum atomic E-state index is 13.6. The lowest BCUT2D eigenvalue weighted by molar-refractivity contribution is -0.122. The molecule has 29 heavy (non-hydrogen) atoms. The SMILES string of the molecule is O=C(Cn1c(=O)nc2n1C(=O)N(c1ccc(F)cc1)C2)NCc1ccccc1F. The second-order valence-electron chi connectivity index (χ2n) is 6.39. The molecule has 1 aliphatic rings. The van der Waals surface area contributed by atoms with Crippen molar-refractivity contribution >= 4 is 17.6 Å². The summed E-state index contributed by atoms with van der Waals surface area (Å²) >= 11 is 0.